The molecule has 0 spiro atoms. The van der Waals surface area contributed by atoms with Crippen molar-refractivity contribution in [2.75, 3.05) is 12.3 Å². The van der Waals surface area contributed by atoms with Gasteiger partial charge in [-0.2, -0.15) is 0 Å². The van der Waals surface area contributed by atoms with Crippen LogP contribution in [0, 0.1) is 0 Å². The highest BCUT2D eigenvalue weighted by molar-refractivity contribution is 9.10. The van der Waals surface area contributed by atoms with Crippen LogP contribution in [0.3, 0.4) is 0 Å². The molecule has 132 valence electrons. The van der Waals surface area contributed by atoms with Gasteiger partial charge in [0.05, 0.1) is 5.75 Å². The highest BCUT2D eigenvalue weighted by Gasteiger charge is 2.19. The number of rotatable bonds is 9. The third kappa shape index (κ3) is 9.30. The molecule has 0 saturated heterocycles. The van der Waals surface area contributed by atoms with Gasteiger partial charge in [-0.25, -0.2) is 8.42 Å². The van der Waals surface area contributed by atoms with Crippen LogP contribution in [0.2, 0.25) is 0 Å². The number of carbonyl (C=O) groups excluding carboxylic acids is 1. The SMILES string of the molecule is CCCCC(CN)NC(=O)CS(=O)(=O)Cc1ccc(Br)cc1.Cl. The topological polar surface area (TPSA) is 89.3 Å². The molecule has 0 heterocycles. The quantitative estimate of drug-likeness (QED) is 0.633. The Morgan fingerprint density at radius 1 is 1.30 bits per heavy atom. The van der Waals surface area contributed by atoms with Crippen LogP contribution in [-0.4, -0.2) is 32.7 Å². The average molecular weight is 428 g/mol. The van der Waals surface area contributed by atoms with Crippen LogP contribution in [0.25, 0.3) is 0 Å². The molecule has 0 aromatic heterocycles. The largest absolute Gasteiger partial charge is 0.351 e. The zero-order valence-corrected chi connectivity index (χ0v) is 16.3. The molecule has 0 fully saturated rings. The first-order valence-corrected chi connectivity index (χ1v) is 9.92. The Morgan fingerprint density at radius 3 is 2.43 bits per heavy atom. The van der Waals surface area contributed by atoms with E-state index in [9.17, 15) is 13.2 Å². The van der Waals surface area contributed by atoms with Crippen molar-refractivity contribution in [1.82, 2.24) is 5.32 Å². The van der Waals surface area contributed by atoms with Crippen LogP contribution in [0.4, 0.5) is 0 Å². The summed E-state index contributed by atoms with van der Waals surface area (Å²) in [6.45, 7) is 2.37. The number of amides is 1. The minimum Gasteiger partial charge on any atom is -0.351 e. The first-order valence-electron chi connectivity index (χ1n) is 7.30. The van der Waals surface area contributed by atoms with Crippen molar-refractivity contribution in [3.05, 3.63) is 34.3 Å². The molecular weight excluding hydrogens is 404 g/mol. The van der Waals surface area contributed by atoms with Crippen molar-refractivity contribution in [3.63, 3.8) is 0 Å². The second kappa shape index (κ2) is 11.0. The van der Waals surface area contributed by atoms with Gasteiger partial charge in [0, 0.05) is 17.1 Å². The molecule has 0 radical (unpaired) electrons. The van der Waals surface area contributed by atoms with Crippen LogP contribution in [0.1, 0.15) is 31.7 Å². The molecule has 1 atom stereocenters. The molecule has 0 bridgehead atoms. The van der Waals surface area contributed by atoms with Crippen molar-refractivity contribution >= 4 is 44.1 Å². The fourth-order valence-corrected chi connectivity index (χ4v) is 3.60. The smallest absolute Gasteiger partial charge is 0.235 e. The minimum atomic E-state index is -3.49. The van der Waals surface area contributed by atoms with E-state index in [1.165, 1.54) is 0 Å². The van der Waals surface area contributed by atoms with E-state index in [1.54, 1.807) is 24.3 Å². The molecule has 1 amide bonds. The normalized spacial score (nSPS) is 12.3. The van der Waals surface area contributed by atoms with E-state index >= 15 is 0 Å². The fourth-order valence-electron chi connectivity index (χ4n) is 2.05. The lowest BCUT2D eigenvalue weighted by Crippen LogP contribution is -2.42. The predicted octanol–water partition coefficient (Wildman–Crippen LogP) is 2.42. The van der Waals surface area contributed by atoms with E-state index in [1.807, 2.05) is 0 Å². The van der Waals surface area contributed by atoms with Gasteiger partial charge in [-0.1, -0.05) is 47.8 Å². The summed E-state index contributed by atoms with van der Waals surface area (Å²) in [5.41, 5.74) is 6.26. The molecule has 0 aliphatic carbocycles. The van der Waals surface area contributed by atoms with Crippen molar-refractivity contribution in [2.45, 2.75) is 38.0 Å². The molecule has 3 N–H and O–H groups in total. The molecule has 1 rings (SSSR count). The zero-order valence-electron chi connectivity index (χ0n) is 13.1. The van der Waals surface area contributed by atoms with Crippen molar-refractivity contribution in [3.8, 4) is 0 Å². The summed E-state index contributed by atoms with van der Waals surface area (Å²) in [7, 11) is -3.49. The molecule has 0 aliphatic heterocycles. The summed E-state index contributed by atoms with van der Waals surface area (Å²) < 4.78 is 25.0. The lowest BCUT2D eigenvalue weighted by Gasteiger charge is -2.16. The Hall–Kier alpha value is -0.630. The van der Waals surface area contributed by atoms with E-state index in [4.69, 9.17) is 5.73 Å². The second-order valence-corrected chi connectivity index (χ2v) is 8.28. The first kappa shape index (κ1) is 22.4. The number of sulfone groups is 1. The van der Waals surface area contributed by atoms with E-state index in [2.05, 4.69) is 28.2 Å². The summed E-state index contributed by atoms with van der Waals surface area (Å²) in [5.74, 6) is -1.13. The number of benzene rings is 1. The molecule has 1 unspecified atom stereocenters. The maximum Gasteiger partial charge on any atom is 0.235 e. The van der Waals surface area contributed by atoms with Crippen LogP contribution in [-0.2, 0) is 20.4 Å². The second-order valence-electron chi connectivity index (χ2n) is 5.30. The lowest BCUT2D eigenvalue weighted by molar-refractivity contribution is -0.119. The van der Waals surface area contributed by atoms with Gasteiger partial charge in [0.1, 0.15) is 5.75 Å². The van der Waals surface area contributed by atoms with Gasteiger partial charge in [0.25, 0.3) is 0 Å². The van der Waals surface area contributed by atoms with E-state index in [-0.39, 0.29) is 24.2 Å². The maximum absolute atomic E-state index is 12.1. The van der Waals surface area contributed by atoms with Crippen molar-refractivity contribution < 1.29 is 13.2 Å². The van der Waals surface area contributed by atoms with Gasteiger partial charge in [0.15, 0.2) is 9.84 Å². The monoisotopic (exact) mass is 426 g/mol. The van der Waals surface area contributed by atoms with Crippen LogP contribution in [0.5, 0.6) is 0 Å². The highest BCUT2D eigenvalue weighted by atomic mass is 79.9. The molecule has 5 nitrogen and oxygen atoms in total. The fraction of sp³-hybridized carbons (Fsp3) is 0.533. The van der Waals surface area contributed by atoms with E-state index in [0.29, 0.717) is 12.1 Å². The third-order valence-corrected chi connectivity index (χ3v) is 5.21. The summed E-state index contributed by atoms with van der Waals surface area (Å²) in [6.07, 6.45) is 2.73. The Balaban J connectivity index is 0.00000484. The van der Waals surface area contributed by atoms with Crippen molar-refractivity contribution in [1.29, 1.82) is 0 Å². The van der Waals surface area contributed by atoms with Crippen LogP contribution < -0.4 is 11.1 Å². The first-order chi connectivity index (χ1) is 10.4. The van der Waals surface area contributed by atoms with Gasteiger partial charge in [-0.05, 0) is 24.1 Å². The number of halogens is 2. The maximum atomic E-state index is 12.1. The summed E-state index contributed by atoms with van der Waals surface area (Å²) in [4.78, 5) is 11.9. The minimum absolute atomic E-state index is 0. The van der Waals surface area contributed by atoms with Gasteiger partial charge >= 0.3 is 0 Å². The van der Waals surface area contributed by atoms with Crippen molar-refractivity contribution in [2.24, 2.45) is 5.73 Å². The van der Waals surface area contributed by atoms with E-state index in [0.717, 1.165) is 23.7 Å². The summed E-state index contributed by atoms with van der Waals surface area (Å²) in [5, 5.41) is 2.70. The third-order valence-electron chi connectivity index (χ3n) is 3.21. The Bertz CT molecular complexity index is 579. The van der Waals surface area contributed by atoms with Crippen LogP contribution in [0.15, 0.2) is 28.7 Å². The predicted molar refractivity (Wildman–Crippen MR) is 99.4 cm³/mol. The lowest BCUT2D eigenvalue weighted by atomic mass is 10.1. The molecule has 8 heteroatoms. The number of hydrogen-bond donors (Lipinski definition) is 2. The molecule has 23 heavy (non-hydrogen) atoms. The summed E-state index contributed by atoms with van der Waals surface area (Å²) in [6, 6.07) is 6.85. The molecule has 0 aliphatic rings. The van der Waals surface area contributed by atoms with Gasteiger partial charge in [-0.15, -0.1) is 12.4 Å². The number of nitrogens with two attached hydrogens (primary N) is 1. The Morgan fingerprint density at radius 2 is 1.91 bits per heavy atom. The number of nitrogens with one attached hydrogen (secondary N) is 1. The zero-order chi connectivity index (χ0) is 16.6. The van der Waals surface area contributed by atoms with E-state index < -0.39 is 21.5 Å². The molecule has 1 aromatic carbocycles. The number of unbranched alkanes of at least 4 members (excludes halogenated alkanes) is 1. The number of hydrogen-bond acceptors (Lipinski definition) is 4. The molecule has 0 saturated carbocycles. The van der Waals surface area contributed by atoms with Gasteiger partial charge in [-0.3, -0.25) is 4.79 Å². The van der Waals surface area contributed by atoms with Gasteiger partial charge < -0.3 is 11.1 Å². The Kier molecular flexibility index (Phi) is 10.7. The van der Waals surface area contributed by atoms with Crippen LogP contribution >= 0.6 is 28.3 Å². The van der Waals surface area contributed by atoms with Gasteiger partial charge in [0.2, 0.25) is 5.91 Å². The average Bonchev–Trinajstić information content (AvgIpc) is 2.45. The standard InChI is InChI=1S/C15H23BrN2O3S.ClH/c1-2-3-4-14(9-17)18-15(19)11-22(20,21)10-12-5-7-13(16)8-6-12;/h5-8,14H,2-4,9-11,17H2,1H3,(H,18,19);1H. The molecule has 1 aromatic rings. The number of carbonyl (C=O) groups is 1. The molecular formula is C15H24BrClN2O3S. The Labute approximate surface area is 152 Å². The highest BCUT2D eigenvalue weighted by Crippen LogP contribution is 2.13. The summed E-state index contributed by atoms with van der Waals surface area (Å²) >= 11 is 3.30.